The van der Waals surface area contributed by atoms with Crippen molar-refractivity contribution in [2.45, 2.75) is 25.6 Å². The molecule has 0 heterocycles. The number of methoxy groups -OCH3 is 4. The van der Waals surface area contributed by atoms with E-state index in [-0.39, 0.29) is 0 Å². The molecule has 3 aromatic carbocycles. The van der Waals surface area contributed by atoms with Crippen LogP contribution in [0.1, 0.15) is 23.1 Å². The molecule has 39 heavy (non-hydrogen) atoms. The van der Waals surface area contributed by atoms with Gasteiger partial charge in [0.25, 0.3) is 0 Å². The van der Waals surface area contributed by atoms with E-state index in [0.29, 0.717) is 46.1 Å². The van der Waals surface area contributed by atoms with Crippen molar-refractivity contribution in [1.29, 1.82) is 0 Å². The molecule has 0 spiro atoms. The Morgan fingerprint density at radius 2 is 1.36 bits per heavy atom. The molecule has 0 aliphatic heterocycles. The zero-order valence-electron chi connectivity index (χ0n) is 23.2. The molecule has 1 atom stereocenters. The topological polar surface area (TPSA) is 49.0 Å². The number of quaternary nitrogens is 1. The smallest absolute Gasteiger partial charge is 0.416 e. The van der Waals surface area contributed by atoms with Gasteiger partial charge < -0.3 is 24.3 Å². The molecule has 0 saturated carbocycles. The van der Waals surface area contributed by atoms with Gasteiger partial charge in [-0.05, 0) is 35.4 Å². The van der Waals surface area contributed by atoms with E-state index in [9.17, 15) is 13.2 Å². The van der Waals surface area contributed by atoms with E-state index in [1.54, 1.807) is 34.5 Å². The maximum Gasteiger partial charge on any atom is 0.416 e. The Morgan fingerprint density at radius 3 is 2.00 bits per heavy atom. The van der Waals surface area contributed by atoms with Crippen molar-refractivity contribution >= 4 is 5.69 Å². The van der Waals surface area contributed by atoms with Gasteiger partial charge in [0.05, 0.1) is 54.1 Å². The third-order valence-electron chi connectivity index (χ3n) is 6.92. The first-order chi connectivity index (χ1) is 18.6. The van der Waals surface area contributed by atoms with Crippen molar-refractivity contribution in [2.24, 2.45) is 0 Å². The van der Waals surface area contributed by atoms with Crippen LogP contribution in [-0.4, -0.2) is 55.1 Å². The Hall–Kier alpha value is -3.43. The summed E-state index contributed by atoms with van der Waals surface area (Å²) >= 11 is 0. The van der Waals surface area contributed by atoms with E-state index < -0.39 is 11.7 Å². The van der Waals surface area contributed by atoms with E-state index in [2.05, 4.69) is 12.4 Å². The lowest BCUT2D eigenvalue weighted by Gasteiger charge is -2.35. The van der Waals surface area contributed by atoms with E-state index in [4.69, 9.17) is 18.9 Å². The van der Waals surface area contributed by atoms with Gasteiger partial charge >= 0.3 is 6.18 Å². The molecule has 0 amide bonds. The van der Waals surface area contributed by atoms with Crippen LogP contribution < -0.4 is 28.7 Å². The SMILES string of the molecule is COc1ccc(CC[N+](C)(CCCNCc2cccc(C(F)(F)F)c2)c2ccc(OC)c(OC)c2)cc1OC. The average molecular weight is 548 g/mol. The number of halogens is 3. The Bertz CT molecular complexity index is 1220. The van der Waals surface area contributed by atoms with E-state index in [1.165, 1.54) is 12.1 Å². The number of hydrogen-bond acceptors (Lipinski definition) is 5. The van der Waals surface area contributed by atoms with Crippen molar-refractivity contribution in [3.8, 4) is 23.0 Å². The van der Waals surface area contributed by atoms with Crippen LogP contribution in [0.2, 0.25) is 0 Å². The fourth-order valence-electron chi connectivity index (χ4n) is 4.59. The largest absolute Gasteiger partial charge is 0.493 e. The van der Waals surface area contributed by atoms with Crippen LogP contribution in [0.5, 0.6) is 23.0 Å². The van der Waals surface area contributed by atoms with E-state index >= 15 is 0 Å². The molecule has 6 nitrogen and oxygen atoms in total. The zero-order chi connectivity index (χ0) is 28.5. The Morgan fingerprint density at radius 1 is 0.718 bits per heavy atom. The third kappa shape index (κ3) is 8.03. The summed E-state index contributed by atoms with van der Waals surface area (Å²) in [6.45, 7) is 2.64. The lowest BCUT2D eigenvalue weighted by atomic mass is 10.1. The van der Waals surface area contributed by atoms with E-state index in [1.807, 2.05) is 36.4 Å². The standard InChI is InChI=1S/C30H38F3N2O4/c1-35(25-11-13-27(37-3)29(20-25)39-5,17-14-22-10-12-26(36-2)28(19-22)38-4)16-7-15-34-21-23-8-6-9-24(18-23)30(31,32)33/h6,8-13,18-20,34H,7,14-17,21H2,1-5H3/q+1. The number of likely N-dealkylation sites (N-methyl/N-ethyl adjacent to an activating group) is 1. The summed E-state index contributed by atoms with van der Waals surface area (Å²) in [5, 5.41) is 3.29. The Labute approximate surface area is 228 Å². The molecule has 1 unspecified atom stereocenters. The molecule has 0 fully saturated rings. The Kier molecular flexibility index (Phi) is 10.5. The molecule has 0 radical (unpaired) electrons. The second-order valence-electron chi connectivity index (χ2n) is 9.55. The molecular formula is C30H38F3N2O4+. The summed E-state index contributed by atoms with van der Waals surface area (Å²) in [6, 6.07) is 17.3. The number of rotatable bonds is 14. The highest BCUT2D eigenvalue weighted by Crippen LogP contribution is 2.35. The van der Waals surface area contributed by atoms with Gasteiger partial charge in [-0.1, -0.05) is 24.3 Å². The number of ether oxygens (including phenoxy) is 4. The minimum Gasteiger partial charge on any atom is -0.493 e. The second kappa shape index (κ2) is 13.6. The van der Waals surface area contributed by atoms with Gasteiger partial charge in [-0.3, -0.25) is 4.48 Å². The fraction of sp³-hybridized carbons (Fsp3) is 0.400. The molecule has 0 aliphatic carbocycles. The molecule has 212 valence electrons. The molecule has 0 bridgehead atoms. The molecule has 3 aromatic rings. The van der Waals surface area contributed by atoms with Crippen molar-refractivity contribution in [3.63, 3.8) is 0 Å². The third-order valence-corrected chi connectivity index (χ3v) is 6.92. The number of nitrogens with one attached hydrogen (secondary N) is 1. The Balaban J connectivity index is 1.71. The summed E-state index contributed by atoms with van der Waals surface area (Å²) in [5.41, 5.74) is 2.18. The average Bonchev–Trinajstić information content (AvgIpc) is 2.95. The molecule has 1 N–H and O–H groups in total. The van der Waals surface area contributed by atoms with Crippen LogP contribution in [0.15, 0.2) is 60.7 Å². The minimum absolute atomic E-state index is 0.371. The monoisotopic (exact) mass is 547 g/mol. The predicted molar refractivity (Wildman–Crippen MR) is 148 cm³/mol. The van der Waals surface area contributed by atoms with Crippen molar-refractivity contribution in [1.82, 2.24) is 9.80 Å². The maximum absolute atomic E-state index is 13.0. The first-order valence-corrected chi connectivity index (χ1v) is 12.8. The van der Waals surface area contributed by atoms with Crippen LogP contribution in [0, 0.1) is 0 Å². The normalized spacial score (nSPS) is 13.0. The molecule has 0 saturated heterocycles. The molecule has 9 heteroatoms. The summed E-state index contributed by atoms with van der Waals surface area (Å²) in [5.74, 6) is 2.70. The van der Waals surface area contributed by atoms with Gasteiger partial charge in [0.1, 0.15) is 5.69 Å². The van der Waals surface area contributed by atoms with Gasteiger partial charge in [0.15, 0.2) is 23.0 Å². The molecular weight excluding hydrogens is 509 g/mol. The highest BCUT2D eigenvalue weighted by atomic mass is 19.4. The van der Waals surface area contributed by atoms with Gasteiger partial charge in [-0.2, -0.15) is 13.2 Å². The van der Waals surface area contributed by atoms with Crippen LogP contribution in [0.4, 0.5) is 18.9 Å². The summed E-state index contributed by atoms with van der Waals surface area (Å²) < 4.78 is 61.5. The van der Waals surface area contributed by atoms with E-state index in [0.717, 1.165) is 43.2 Å². The van der Waals surface area contributed by atoms with Crippen molar-refractivity contribution < 1.29 is 32.1 Å². The highest BCUT2D eigenvalue weighted by Gasteiger charge is 2.30. The number of benzene rings is 3. The van der Waals surface area contributed by atoms with Crippen molar-refractivity contribution in [2.75, 3.05) is 55.1 Å². The highest BCUT2D eigenvalue weighted by molar-refractivity contribution is 5.54. The summed E-state index contributed by atoms with van der Waals surface area (Å²) in [4.78, 5) is 0. The first-order valence-electron chi connectivity index (χ1n) is 12.8. The lowest BCUT2D eigenvalue weighted by Crippen LogP contribution is -2.48. The number of alkyl halides is 3. The van der Waals surface area contributed by atoms with Gasteiger partial charge in [-0.25, -0.2) is 0 Å². The lowest BCUT2D eigenvalue weighted by molar-refractivity contribution is -0.137. The zero-order valence-corrected chi connectivity index (χ0v) is 23.2. The summed E-state index contributed by atoms with van der Waals surface area (Å²) in [7, 11) is 8.64. The van der Waals surface area contributed by atoms with Crippen LogP contribution >= 0.6 is 0 Å². The molecule has 0 aliphatic rings. The summed E-state index contributed by atoms with van der Waals surface area (Å²) in [6.07, 6.45) is -2.73. The number of hydrogen-bond donors (Lipinski definition) is 1. The van der Waals surface area contributed by atoms with Crippen LogP contribution in [-0.2, 0) is 19.1 Å². The van der Waals surface area contributed by atoms with Gasteiger partial charge in [0, 0.05) is 38.1 Å². The predicted octanol–water partition coefficient (Wildman–Crippen LogP) is 6.10. The molecule has 3 rings (SSSR count). The van der Waals surface area contributed by atoms with Gasteiger partial charge in [0.2, 0.25) is 0 Å². The molecule has 0 aromatic heterocycles. The van der Waals surface area contributed by atoms with Crippen LogP contribution in [0.25, 0.3) is 0 Å². The fourth-order valence-corrected chi connectivity index (χ4v) is 4.59. The maximum atomic E-state index is 13.0. The second-order valence-corrected chi connectivity index (χ2v) is 9.55. The van der Waals surface area contributed by atoms with Crippen LogP contribution in [0.3, 0.4) is 0 Å². The number of nitrogens with zero attached hydrogens (tertiary/aromatic N) is 1. The first kappa shape index (κ1) is 30.1. The van der Waals surface area contributed by atoms with Crippen molar-refractivity contribution in [3.05, 3.63) is 77.4 Å². The quantitative estimate of drug-likeness (QED) is 0.195. The van der Waals surface area contributed by atoms with Gasteiger partial charge in [-0.15, -0.1) is 0 Å². The minimum atomic E-state index is -4.34.